The molecule has 0 saturated carbocycles. The molecule has 3 aromatic rings. The number of rotatable bonds is 6. The minimum Gasteiger partial charge on any atom is -0.387 e. The Kier molecular flexibility index (Phi) is 4.85. The van der Waals surface area contributed by atoms with Gasteiger partial charge in [0.2, 0.25) is 5.91 Å². The minimum absolute atomic E-state index is 0.120. The molecule has 1 saturated heterocycles. The number of amides is 1. The van der Waals surface area contributed by atoms with E-state index in [0.717, 1.165) is 12.0 Å². The van der Waals surface area contributed by atoms with Crippen molar-refractivity contribution in [2.75, 3.05) is 5.32 Å². The molecule has 1 aromatic heterocycles. The van der Waals surface area contributed by atoms with Crippen LogP contribution in [0.4, 0.5) is 5.69 Å². The number of aryl methyl sites for hydroxylation is 1. The van der Waals surface area contributed by atoms with E-state index in [4.69, 9.17) is 5.48 Å². The van der Waals surface area contributed by atoms with Crippen molar-refractivity contribution in [1.29, 1.82) is 0 Å². The molecule has 170 valence electrons. The van der Waals surface area contributed by atoms with Crippen LogP contribution in [-0.2, 0) is 17.6 Å². The van der Waals surface area contributed by atoms with Crippen molar-refractivity contribution in [3.63, 3.8) is 0 Å². The van der Waals surface area contributed by atoms with Crippen LogP contribution in [0.5, 0.6) is 0 Å². The summed E-state index contributed by atoms with van der Waals surface area (Å²) in [5, 5.41) is 16.7. The lowest BCUT2D eigenvalue weighted by atomic mass is 10.0. The van der Waals surface area contributed by atoms with Crippen molar-refractivity contribution < 1.29 is 15.4 Å². The minimum atomic E-state index is -0.825. The zero-order valence-electron chi connectivity index (χ0n) is 22.0. The largest absolute Gasteiger partial charge is 0.387 e. The highest BCUT2D eigenvalue weighted by Gasteiger charge is 2.31. The van der Waals surface area contributed by atoms with Gasteiger partial charge in [0.1, 0.15) is 11.9 Å². The van der Waals surface area contributed by atoms with Crippen molar-refractivity contribution in [3.8, 4) is 0 Å². The highest BCUT2D eigenvalue weighted by Crippen LogP contribution is 2.27. The Hall–Kier alpha value is -3.29. The van der Waals surface area contributed by atoms with Gasteiger partial charge in [-0.05, 0) is 48.9 Å². The van der Waals surface area contributed by atoms with Gasteiger partial charge in [-0.25, -0.2) is 4.98 Å². The van der Waals surface area contributed by atoms with E-state index in [0.29, 0.717) is 25.1 Å². The summed E-state index contributed by atoms with van der Waals surface area (Å²) in [6.07, 6.45) is 3.23. The summed E-state index contributed by atoms with van der Waals surface area (Å²) in [5.74, 6) is -0.0695. The Labute approximate surface area is 198 Å². The molecule has 5 rings (SSSR count). The molecule has 7 nitrogen and oxygen atoms in total. The summed E-state index contributed by atoms with van der Waals surface area (Å²) in [5.41, 5.74) is 0.517. The lowest BCUT2D eigenvalue weighted by Gasteiger charge is -2.20. The van der Waals surface area contributed by atoms with Crippen LogP contribution in [-0.4, -0.2) is 32.6 Å². The smallest absolute Gasteiger partial charge is 0.254 e. The molecule has 1 fully saturated rings. The molecular weight excluding hydrogens is 417 g/mol. The van der Waals surface area contributed by atoms with E-state index in [2.05, 4.69) is 15.6 Å². The van der Waals surface area contributed by atoms with E-state index >= 15 is 0 Å². The van der Waals surface area contributed by atoms with Crippen LogP contribution in [0.1, 0.15) is 53.8 Å². The molecule has 0 bridgehead atoms. The van der Waals surface area contributed by atoms with E-state index in [-0.39, 0.29) is 59.5 Å². The SMILES string of the molecule is [2H]c1c([2H])c(NC(=O)[C@@H]2CCc3nccc(=O)n32)c([2H])c([2H])c1[13CH2][C@@H]1CC[C@H]([C@H](O)c2ccccc2)N1. The van der Waals surface area contributed by atoms with Crippen LogP contribution in [0.25, 0.3) is 0 Å². The van der Waals surface area contributed by atoms with Crippen LogP contribution in [0.15, 0.2) is 71.6 Å². The zero-order chi connectivity index (χ0) is 26.3. The van der Waals surface area contributed by atoms with Crippen molar-refractivity contribution >= 4 is 11.6 Å². The highest BCUT2D eigenvalue weighted by molar-refractivity contribution is 5.94. The van der Waals surface area contributed by atoms with Gasteiger partial charge in [0.15, 0.2) is 0 Å². The fourth-order valence-electron chi connectivity index (χ4n) is 4.72. The number of aromatic nitrogens is 2. The Balaban J connectivity index is 1.33. The van der Waals surface area contributed by atoms with Crippen molar-refractivity contribution in [2.24, 2.45) is 0 Å². The number of carbonyl (C=O) groups excluding carboxylic acids is 1. The molecule has 0 aliphatic carbocycles. The third-order valence-electron chi connectivity index (χ3n) is 6.39. The number of aliphatic hydroxyl groups is 1. The first kappa shape index (κ1) is 17.2. The maximum absolute atomic E-state index is 13.0. The predicted octanol–water partition coefficient (Wildman–Crippen LogP) is 2.77. The Morgan fingerprint density at radius 2 is 1.97 bits per heavy atom. The van der Waals surface area contributed by atoms with Gasteiger partial charge >= 0.3 is 0 Å². The number of fused-ring (bicyclic) bond motifs is 1. The first-order valence-corrected chi connectivity index (χ1v) is 11.2. The number of hydrogen-bond donors (Lipinski definition) is 3. The first-order valence-electron chi connectivity index (χ1n) is 13.2. The number of anilines is 1. The third-order valence-corrected chi connectivity index (χ3v) is 6.39. The average Bonchev–Trinajstić information content (AvgIpc) is 3.56. The molecule has 0 unspecified atom stereocenters. The molecule has 1 amide bonds. The van der Waals surface area contributed by atoms with Gasteiger partial charge in [0.25, 0.3) is 5.56 Å². The normalized spacial score (nSPS) is 24.3. The fourth-order valence-corrected chi connectivity index (χ4v) is 4.72. The van der Waals surface area contributed by atoms with E-state index in [9.17, 15) is 14.7 Å². The second-order valence-electron chi connectivity index (χ2n) is 8.57. The summed E-state index contributed by atoms with van der Waals surface area (Å²) in [6.45, 7) is 0. The second-order valence-corrected chi connectivity index (χ2v) is 8.57. The molecule has 2 aromatic carbocycles. The molecule has 2 aliphatic rings. The summed E-state index contributed by atoms with van der Waals surface area (Å²) in [6, 6.07) is 8.43. The summed E-state index contributed by atoms with van der Waals surface area (Å²) in [7, 11) is 0. The van der Waals surface area contributed by atoms with Gasteiger partial charge in [0, 0.05) is 36.5 Å². The van der Waals surface area contributed by atoms with Crippen LogP contribution in [0.3, 0.4) is 0 Å². The van der Waals surface area contributed by atoms with Gasteiger partial charge in [-0.15, -0.1) is 0 Å². The van der Waals surface area contributed by atoms with Crippen LogP contribution in [0, 0.1) is 0 Å². The van der Waals surface area contributed by atoms with Crippen LogP contribution < -0.4 is 16.2 Å². The Morgan fingerprint density at radius 3 is 2.76 bits per heavy atom. The molecule has 7 heteroatoms. The van der Waals surface area contributed by atoms with Gasteiger partial charge in [0.05, 0.1) is 11.6 Å². The zero-order valence-corrected chi connectivity index (χ0v) is 18.0. The molecule has 0 spiro atoms. The molecule has 3 heterocycles. The summed E-state index contributed by atoms with van der Waals surface area (Å²) in [4.78, 5) is 29.4. The van der Waals surface area contributed by atoms with Crippen molar-refractivity contribution in [1.82, 2.24) is 14.9 Å². The first-order chi connectivity index (χ1) is 17.8. The van der Waals surface area contributed by atoms with Gasteiger partial charge < -0.3 is 15.7 Å². The van der Waals surface area contributed by atoms with E-state index in [1.165, 1.54) is 16.8 Å². The number of carbonyl (C=O) groups is 1. The fraction of sp³-hybridized carbons (Fsp3) is 0.346. The molecule has 0 radical (unpaired) electrons. The number of aliphatic hydroxyl groups excluding tert-OH is 1. The molecule has 33 heavy (non-hydrogen) atoms. The second kappa shape index (κ2) is 9.29. The third kappa shape index (κ3) is 4.60. The van der Waals surface area contributed by atoms with Crippen LogP contribution in [0.2, 0.25) is 0 Å². The Bertz CT molecular complexity index is 1370. The molecular formula is C26H28N4O3. The van der Waals surface area contributed by atoms with Crippen LogP contribution >= 0.6 is 0 Å². The van der Waals surface area contributed by atoms with E-state index in [1.54, 1.807) is 0 Å². The number of benzene rings is 2. The van der Waals surface area contributed by atoms with Gasteiger partial charge in [-0.3, -0.25) is 14.2 Å². The molecule has 4 atom stereocenters. The van der Waals surface area contributed by atoms with Crippen molar-refractivity contribution in [2.45, 2.75) is 56.3 Å². The highest BCUT2D eigenvalue weighted by atomic mass is 16.3. The van der Waals surface area contributed by atoms with Gasteiger partial charge in [-0.1, -0.05) is 42.4 Å². The van der Waals surface area contributed by atoms with Crippen molar-refractivity contribution in [3.05, 3.63) is 94.1 Å². The topological polar surface area (TPSA) is 96.2 Å². The Morgan fingerprint density at radius 1 is 1.18 bits per heavy atom. The van der Waals surface area contributed by atoms with Gasteiger partial charge in [-0.2, -0.15) is 0 Å². The number of nitrogens with zero attached hydrogens (tertiary/aromatic N) is 2. The maximum atomic E-state index is 13.0. The molecule has 3 N–H and O–H groups in total. The predicted molar refractivity (Wildman–Crippen MR) is 126 cm³/mol. The molecule has 2 aliphatic heterocycles. The quantitative estimate of drug-likeness (QED) is 0.503. The van der Waals surface area contributed by atoms with E-state index < -0.39 is 18.1 Å². The summed E-state index contributed by atoms with van der Waals surface area (Å²) >= 11 is 0. The number of nitrogens with one attached hydrogen (secondary N) is 2. The lowest BCUT2D eigenvalue weighted by Crippen LogP contribution is -2.35. The average molecular weight is 450 g/mol. The summed E-state index contributed by atoms with van der Waals surface area (Å²) < 4.78 is 35.3. The lowest BCUT2D eigenvalue weighted by molar-refractivity contribution is -0.119. The monoisotopic (exact) mass is 449 g/mol. The standard InChI is InChI=1S/C26H28N4O3/c31-24-14-15-27-23-13-12-22(30(23)24)26(33)29-19-8-6-17(7-9-19)16-20-10-11-21(28-20)25(32)18-4-2-1-3-5-18/h1-9,14-15,20-22,25,28,32H,10-13,16H2,(H,29,33)/t20-,21+,22-,25+/m0/s1/i6D,7D,8D,9D,16+1. The van der Waals surface area contributed by atoms with E-state index in [1.807, 2.05) is 30.3 Å². The number of hydrogen-bond acceptors (Lipinski definition) is 5. The maximum Gasteiger partial charge on any atom is 0.254 e.